The Morgan fingerprint density at radius 1 is 0.733 bits per heavy atom. The number of carbonyl (C=O) groups excluding carboxylic acids is 2. The van der Waals surface area contributed by atoms with Crippen molar-refractivity contribution in [1.82, 2.24) is 0 Å². The van der Waals surface area contributed by atoms with Gasteiger partial charge >= 0.3 is 6.18 Å². The van der Waals surface area contributed by atoms with E-state index in [1.807, 2.05) is 6.07 Å². The second kappa shape index (κ2) is 9.13. The van der Waals surface area contributed by atoms with Crippen molar-refractivity contribution in [2.24, 2.45) is 0 Å². The Balaban J connectivity index is 1.61. The first-order valence-corrected chi connectivity index (χ1v) is 8.99. The molecule has 0 aliphatic carbocycles. The highest BCUT2D eigenvalue weighted by molar-refractivity contribution is 6.10. The summed E-state index contributed by atoms with van der Waals surface area (Å²) >= 11 is 0. The minimum Gasteiger partial charge on any atom is -0.376 e. The van der Waals surface area contributed by atoms with Crippen LogP contribution in [0.25, 0.3) is 0 Å². The lowest BCUT2D eigenvalue weighted by atomic mass is 10.1. The van der Waals surface area contributed by atoms with Crippen LogP contribution in [0.15, 0.2) is 78.9 Å². The largest absolute Gasteiger partial charge is 0.416 e. The molecule has 0 saturated heterocycles. The van der Waals surface area contributed by atoms with Gasteiger partial charge in [0.15, 0.2) is 0 Å². The molecule has 0 bridgehead atoms. The van der Waals surface area contributed by atoms with Gasteiger partial charge in [-0.2, -0.15) is 13.2 Å². The van der Waals surface area contributed by atoms with Gasteiger partial charge in [0.05, 0.1) is 23.4 Å². The van der Waals surface area contributed by atoms with Gasteiger partial charge in [-0.25, -0.2) is 0 Å². The van der Waals surface area contributed by atoms with Crippen LogP contribution in [0.3, 0.4) is 0 Å². The van der Waals surface area contributed by atoms with Gasteiger partial charge in [0.25, 0.3) is 5.91 Å². The number of carbonyl (C=O) groups is 2. The molecule has 0 aliphatic rings. The van der Waals surface area contributed by atoms with Crippen LogP contribution in [0.2, 0.25) is 0 Å². The molecule has 3 N–H and O–H groups in total. The van der Waals surface area contributed by atoms with E-state index in [1.54, 1.807) is 48.5 Å². The van der Waals surface area contributed by atoms with Crippen molar-refractivity contribution in [3.8, 4) is 0 Å². The van der Waals surface area contributed by atoms with Gasteiger partial charge in [0, 0.05) is 11.4 Å². The fourth-order valence-electron chi connectivity index (χ4n) is 2.66. The standard InChI is InChI=1S/C22H18F3N3O2/c23-22(24,25)15-10-12-16(13-11-15)26-14-20(29)28-19-9-5-4-8-18(19)21(30)27-17-6-2-1-3-7-17/h1-13,26H,14H2,(H,27,30)(H,28,29). The highest BCUT2D eigenvalue weighted by Gasteiger charge is 2.29. The Kier molecular flexibility index (Phi) is 6.36. The lowest BCUT2D eigenvalue weighted by Crippen LogP contribution is -2.24. The number of halogens is 3. The SMILES string of the molecule is O=C(CNc1ccc(C(F)(F)F)cc1)Nc1ccccc1C(=O)Nc1ccccc1. The van der Waals surface area contributed by atoms with E-state index in [4.69, 9.17) is 0 Å². The third kappa shape index (κ3) is 5.60. The Morgan fingerprint density at radius 3 is 2.03 bits per heavy atom. The van der Waals surface area contributed by atoms with Crippen molar-refractivity contribution in [1.29, 1.82) is 0 Å². The summed E-state index contributed by atoms with van der Waals surface area (Å²) in [5, 5.41) is 8.14. The van der Waals surface area contributed by atoms with Crippen LogP contribution in [-0.2, 0) is 11.0 Å². The van der Waals surface area contributed by atoms with E-state index in [0.717, 1.165) is 12.1 Å². The molecule has 0 aliphatic heterocycles. The molecule has 0 radical (unpaired) electrons. The average Bonchev–Trinajstić information content (AvgIpc) is 2.73. The normalized spacial score (nSPS) is 10.9. The lowest BCUT2D eigenvalue weighted by Gasteiger charge is -2.13. The molecule has 0 spiro atoms. The molecule has 0 fully saturated rings. The number of rotatable bonds is 6. The molecule has 3 rings (SSSR count). The third-order valence-electron chi connectivity index (χ3n) is 4.14. The second-order valence-electron chi connectivity index (χ2n) is 6.34. The fourth-order valence-corrected chi connectivity index (χ4v) is 2.66. The number of alkyl halides is 3. The maximum absolute atomic E-state index is 12.6. The maximum atomic E-state index is 12.6. The number of para-hydroxylation sites is 2. The van der Waals surface area contributed by atoms with Crippen LogP contribution < -0.4 is 16.0 Å². The predicted molar refractivity (Wildman–Crippen MR) is 109 cm³/mol. The molecule has 5 nitrogen and oxygen atoms in total. The summed E-state index contributed by atoms with van der Waals surface area (Å²) in [4.78, 5) is 24.8. The average molecular weight is 413 g/mol. The Hall–Kier alpha value is -3.81. The summed E-state index contributed by atoms with van der Waals surface area (Å²) in [6.45, 7) is -0.181. The Morgan fingerprint density at radius 2 is 1.37 bits per heavy atom. The molecule has 0 unspecified atom stereocenters. The van der Waals surface area contributed by atoms with Crippen molar-refractivity contribution >= 4 is 28.9 Å². The first-order valence-electron chi connectivity index (χ1n) is 8.99. The highest BCUT2D eigenvalue weighted by Crippen LogP contribution is 2.29. The smallest absolute Gasteiger partial charge is 0.376 e. The number of hydrogen-bond donors (Lipinski definition) is 3. The molecule has 0 saturated carbocycles. The van der Waals surface area contributed by atoms with Crippen LogP contribution in [0, 0.1) is 0 Å². The van der Waals surface area contributed by atoms with E-state index in [2.05, 4.69) is 16.0 Å². The Labute approximate surface area is 170 Å². The van der Waals surface area contributed by atoms with Crippen LogP contribution in [-0.4, -0.2) is 18.4 Å². The molecular formula is C22H18F3N3O2. The molecule has 0 aromatic heterocycles. The van der Waals surface area contributed by atoms with Crippen molar-refractivity contribution in [3.05, 3.63) is 90.0 Å². The molecule has 8 heteroatoms. The van der Waals surface area contributed by atoms with Crippen LogP contribution in [0.4, 0.5) is 30.2 Å². The van der Waals surface area contributed by atoms with Gasteiger partial charge in [0.1, 0.15) is 0 Å². The van der Waals surface area contributed by atoms with Crippen LogP contribution >= 0.6 is 0 Å². The molecule has 30 heavy (non-hydrogen) atoms. The minimum absolute atomic E-state index is 0.181. The topological polar surface area (TPSA) is 70.2 Å². The van der Waals surface area contributed by atoms with Gasteiger partial charge in [-0.1, -0.05) is 30.3 Å². The van der Waals surface area contributed by atoms with Gasteiger partial charge in [-0.05, 0) is 48.5 Å². The summed E-state index contributed by atoms with van der Waals surface area (Å²) in [6.07, 6.45) is -4.42. The van der Waals surface area contributed by atoms with Crippen molar-refractivity contribution in [3.63, 3.8) is 0 Å². The van der Waals surface area contributed by atoms with Crippen molar-refractivity contribution < 1.29 is 22.8 Å². The summed E-state index contributed by atoms with van der Waals surface area (Å²) in [5.41, 5.74) is 0.825. The van der Waals surface area contributed by atoms with Gasteiger partial charge in [-0.15, -0.1) is 0 Å². The van der Waals surface area contributed by atoms with Gasteiger partial charge < -0.3 is 16.0 Å². The summed E-state index contributed by atoms with van der Waals surface area (Å²) in [5.74, 6) is -0.831. The van der Waals surface area contributed by atoms with Gasteiger partial charge in [-0.3, -0.25) is 9.59 Å². The molecule has 2 amide bonds. The second-order valence-corrected chi connectivity index (χ2v) is 6.34. The number of nitrogens with one attached hydrogen (secondary N) is 3. The quantitative estimate of drug-likeness (QED) is 0.532. The van der Waals surface area contributed by atoms with E-state index in [9.17, 15) is 22.8 Å². The third-order valence-corrected chi connectivity index (χ3v) is 4.14. The first-order chi connectivity index (χ1) is 14.3. The predicted octanol–water partition coefficient (Wildman–Crippen LogP) is 5.01. The number of hydrogen-bond acceptors (Lipinski definition) is 3. The van der Waals surface area contributed by atoms with E-state index >= 15 is 0 Å². The monoisotopic (exact) mass is 413 g/mol. The highest BCUT2D eigenvalue weighted by atomic mass is 19.4. The van der Waals surface area contributed by atoms with Crippen LogP contribution in [0.1, 0.15) is 15.9 Å². The molecule has 0 heterocycles. The Bertz CT molecular complexity index is 1020. The lowest BCUT2D eigenvalue weighted by molar-refractivity contribution is -0.137. The van der Waals surface area contributed by atoms with E-state index < -0.39 is 17.6 Å². The van der Waals surface area contributed by atoms with Crippen molar-refractivity contribution in [2.75, 3.05) is 22.5 Å². The zero-order valence-electron chi connectivity index (χ0n) is 15.7. The molecule has 154 valence electrons. The summed E-state index contributed by atoms with van der Waals surface area (Å²) in [7, 11) is 0. The van der Waals surface area contributed by atoms with E-state index in [1.165, 1.54) is 12.1 Å². The van der Waals surface area contributed by atoms with E-state index in [-0.39, 0.29) is 18.0 Å². The zero-order chi connectivity index (χ0) is 21.6. The maximum Gasteiger partial charge on any atom is 0.416 e. The van der Waals surface area contributed by atoms with E-state index in [0.29, 0.717) is 17.1 Å². The molecular weight excluding hydrogens is 395 g/mol. The van der Waals surface area contributed by atoms with Gasteiger partial charge in [0.2, 0.25) is 5.91 Å². The first kappa shape index (κ1) is 20.9. The fraction of sp³-hybridized carbons (Fsp3) is 0.0909. The molecule has 0 atom stereocenters. The minimum atomic E-state index is -4.42. The number of anilines is 3. The zero-order valence-corrected chi connectivity index (χ0v) is 15.7. The number of amides is 2. The summed E-state index contributed by atoms with van der Waals surface area (Å²) < 4.78 is 37.8. The van der Waals surface area contributed by atoms with Crippen molar-refractivity contribution in [2.45, 2.75) is 6.18 Å². The summed E-state index contributed by atoms with van der Waals surface area (Å²) in [6, 6.07) is 19.8. The number of benzene rings is 3. The van der Waals surface area contributed by atoms with Crippen LogP contribution in [0.5, 0.6) is 0 Å². The molecule has 3 aromatic rings. The molecule has 3 aromatic carbocycles.